The van der Waals surface area contributed by atoms with Crippen LogP contribution in [0.15, 0.2) is 84.9 Å². The van der Waals surface area contributed by atoms with Crippen LogP contribution >= 0.6 is 0 Å². The number of nitrogens with zero attached hydrogens (tertiary/aromatic N) is 2. The van der Waals surface area contributed by atoms with Gasteiger partial charge >= 0.3 is 0 Å². The smallest absolute Gasteiger partial charge is 0.269 e. The standard InChI is InChI=1S/C33H29N3O4/c1-2-20-12-15-27-26(17-20)33(32(38)34-27)30(31(37)24-14-13-21-7-3-4-8-22(21)18-24)29(28-11-6-16-35(28)33)23-9-5-10-25(19-23)36(39)40/h3-5,7-10,12-15,17-19,28-30H,2,6,11,16H2,1H3,(H,34,38)/t28?,29?,30?,33-/m1/s1. The lowest BCUT2D eigenvalue weighted by Gasteiger charge is -2.37. The lowest BCUT2D eigenvalue weighted by atomic mass is 9.68. The van der Waals surface area contributed by atoms with Crippen molar-refractivity contribution in [3.05, 3.63) is 117 Å². The van der Waals surface area contributed by atoms with Crippen LogP contribution in [0.1, 0.15) is 52.7 Å². The molecular weight excluding hydrogens is 502 g/mol. The number of amides is 1. The Balaban J connectivity index is 1.49. The number of nitro benzene ring substituents is 1. The molecule has 2 saturated heterocycles. The number of aryl methyl sites for hydroxylation is 1. The van der Waals surface area contributed by atoms with E-state index in [0.717, 1.165) is 52.4 Å². The van der Waals surface area contributed by atoms with E-state index in [2.05, 4.69) is 23.2 Å². The minimum absolute atomic E-state index is 0.00977. The molecule has 7 nitrogen and oxygen atoms in total. The van der Waals surface area contributed by atoms with Crippen LogP contribution in [-0.2, 0) is 16.8 Å². The van der Waals surface area contributed by atoms with E-state index >= 15 is 0 Å². The van der Waals surface area contributed by atoms with Gasteiger partial charge < -0.3 is 5.32 Å². The minimum Gasteiger partial charge on any atom is -0.324 e. The van der Waals surface area contributed by atoms with Crippen molar-refractivity contribution >= 4 is 33.8 Å². The largest absolute Gasteiger partial charge is 0.324 e. The Labute approximate surface area is 232 Å². The van der Waals surface area contributed by atoms with Crippen molar-refractivity contribution in [1.82, 2.24) is 4.90 Å². The number of nitro groups is 1. The number of non-ortho nitro benzene ring substituents is 1. The van der Waals surface area contributed by atoms with E-state index < -0.39 is 16.4 Å². The van der Waals surface area contributed by atoms with Gasteiger partial charge in [-0.25, -0.2) is 0 Å². The summed E-state index contributed by atoms with van der Waals surface area (Å²) in [5, 5.41) is 16.9. The van der Waals surface area contributed by atoms with Crippen LogP contribution in [0.5, 0.6) is 0 Å². The Morgan fingerprint density at radius 2 is 1.85 bits per heavy atom. The molecule has 0 aromatic heterocycles. The van der Waals surface area contributed by atoms with Crippen LogP contribution in [0.25, 0.3) is 10.8 Å². The first-order valence-corrected chi connectivity index (χ1v) is 13.9. The third kappa shape index (κ3) is 3.40. The number of carbonyl (C=O) groups excluding carboxylic acids is 2. The van der Waals surface area contributed by atoms with E-state index in [1.54, 1.807) is 12.1 Å². The van der Waals surface area contributed by atoms with Crippen LogP contribution in [0.3, 0.4) is 0 Å². The average molecular weight is 532 g/mol. The fourth-order valence-corrected chi connectivity index (χ4v) is 7.57. The summed E-state index contributed by atoms with van der Waals surface area (Å²) in [6.45, 7) is 2.76. The van der Waals surface area contributed by atoms with Gasteiger partial charge in [-0.1, -0.05) is 67.6 Å². The van der Waals surface area contributed by atoms with Crippen LogP contribution in [0, 0.1) is 16.0 Å². The number of fused-ring (bicyclic) bond motifs is 5. The number of anilines is 1. The summed E-state index contributed by atoms with van der Waals surface area (Å²) >= 11 is 0. The molecule has 0 radical (unpaired) electrons. The van der Waals surface area contributed by atoms with Crippen LogP contribution in [0.4, 0.5) is 11.4 Å². The Morgan fingerprint density at radius 1 is 1.02 bits per heavy atom. The molecular formula is C33H29N3O4. The third-order valence-electron chi connectivity index (χ3n) is 9.26. The number of benzene rings is 4. The van der Waals surface area contributed by atoms with E-state index in [0.29, 0.717) is 12.1 Å². The maximum atomic E-state index is 14.9. The van der Waals surface area contributed by atoms with Gasteiger partial charge in [0.1, 0.15) is 5.54 Å². The number of ketones is 1. The van der Waals surface area contributed by atoms with Crippen LogP contribution in [0.2, 0.25) is 0 Å². The fourth-order valence-electron chi connectivity index (χ4n) is 7.57. The summed E-state index contributed by atoms with van der Waals surface area (Å²) in [4.78, 5) is 42.7. The molecule has 7 rings (SSSR count). The minimum atomic E-state index is -1.19. The molecule has 0 aliphatic carbocycles. The van der Waals surface area contributed by atoms with Crippen LogP contribution < -0.4 is 5.32 Å². The Bertz CT molecular complexity index is 1720. The molecule has 3 unspecified atom stereocenters. The van der Waals surface area contributed by atoms with Crippen molar-refractivity contribution in [2.24, 2.45) is 5.92 Å². The molecule has 3 aliphatic rings. The maximum absolute atomic E-state index is 14.9. The summed E-state index contributed by atoms with van der Waals surface area (Å²) in [5.41, 5.74) is 2.76. The predicted molar refractivity (Wildman–Crippen MR) is 153 cm³/mol. The fraction of sp³-hybridized carbons (Fsp3) is 0.273. The summed E-state index contributed by atoms with van der Waals surface area (Å²) in [6, 6.07) is 26.2. The highest BCUT2D eigenvalue weighted by Gasteiger charge is 2.69. The second-order valence-electron chi connectivity index (χ2n) is 11.1. The first-order valence-electron chi connectivity index (χ1n) is 13.9. The van der Waals surface area contributed by atoms with Gasteiger partial charge in [-0.3, -0.25) is 24.6 Å². The normalized spacial score (nSPS) is 25.2. The molecule has 1 amide bonds. The lowest BCUT2D eigenvalue weighted by molar-refractivity contribution is -0.384. The van der Waals surface area contributed by atoms with Gasteiger partial charge in [0.25, 0.3) is 5.69 Å². The monoisotopic (exact) mass is 531 g/mol. The zero-order valence-electron chi connectivity index (χ0n) is 22.2. The summed E-state index contributed by atoms with van der Waals surface area (Å²) in [6.07, 6.45) is 2.51. The zero-order chi connectivity index (χ0) is 27.6. The van der Waals surface area contributed by atoms with Crippen molar-refractivity contribution < 1.29 is 14.5 Å². The highest BCUT2D eigenvalue weighted by atomic mass is 16.6. The van der Waals surface area contributed by atoms with Crippen molar-refractivity contribution in [2.75, 3.05) is 11.9 Å². The molecule has 4 atom stereocenters. The van der Waals surface area contributed by atoms with Crippen LogP contribution in [-0.4, -0.2) is 34.1 Å². The summed E-state index contributed by atoms with van der Waals surface area (Å²) in [7, 11) is 0. The van der Waals surface area contributed by atoms with Gasteiger partial charge in [-0.2, -0.15) is 0 Å². The van der Waals surface area contributed by atoms with Gasteiger partial charge in [0.05, 0.1) is 10.8 Å². The van der Waals surface area contributed by atoms with E-state index in [4.69, 9.17) is 0 Å². The number of hydrogen-bond acceptors (Lipinski definition) is 5. The van der Waals surface area contributed by atoms with Gasteiger partial charge in [0, 0.05) is 40.9 Å². The molecule has 0 bridgehead atoms. The summed E-state index contributed by atoms with van der Waals surface area (Å²) < 4.78 is 0. The van der Waals surface area contributed by atoms with Crippen molar-refractivity contribution in [3.63, 3.8) is 0 Å². The van der Waals surface area contributed by atoms with Crippen molar-refractivity contribution in [3.8, 4) is 0 Å². The molecule has 0 saturated carbocycles. The number of nitrogens with one attached hydrogen (secondary N) is 1. The highest BCUT2D eigenvalue weighted by molar-refractivity contribution is 6.13. The van der Waals surface area contributed by atoms with Gasteiger partial charge in [0.2, 0.25) is 5.91 Å². The van der Waals surface area contributed by atoms with Crippen molar-refractivity contribution in [1.29, 1.82) is 0 Å². The molecule has 1 spiro atoms. The molecule has 4 aromatic carbocycles. The second-order valence-corrected chi connectivity index (χ2v) is 11.1. The number of rotatable bonds is 5. The molecule has 3 aliphatic heterocycles. The Hall–Kier alpha value is -4.36. The van der Waals surface area contributed by atoms with Gasteiger partial charge in [0.15, 0.2) is 5.78 Å². The Kier molecular flexibility index (Phi) is 5.61. The first-order chi connectivity index (χ1) is 19.4. The highest BCUT2D eigenvalue weighted by Crippen LogP contribution is 2.61. The van der Waals surface area contributed by atoms with E-state index in [9.17, 15) is 19.7 Å². The molecule has 40 heavy (non-hydrogen) atoms. The summed E-state index contributed by atoms with van der Waals surface area (Å²) in [5.74, 6) is -1.44. The quantitative estimate of drug-likeness (QED) is 0.188. The number of hydrogen-bond donors (Lipinski definition) is 1. The van der Waals surface area contributed by atoms with E-state index in [1.807, 2.05) is 60.7 Å². The topological polar surface area (TPSA) is 92.5 Å². The number of Topliss-reactive ketones (excluding diaryl/α,β-unsaturated/α-hetero) is 1. The Morgan fingerprint density at radius 3 is 2.65 bits per heavy atom. The molecule has 3 heterocycles. The first kappa shape index (κ1) is 24.7. The van der Waals surface area contributed by atoms with Gasteiger partial charge in [-0.15, -0.1) is 0 Å². The zero-order valence-corrected chi connectivity index (χ0v) is 22.2. The van der Waals surface area contributed by atoms with E-state index in [1.165, 1.54) is 6.07 Å². The van der Waals surface area contributed by atoms with Crippen molar-refractivity contribution in [2.45, 2.75) is 43.7 Å². The van der Waals surface area contributed by atoms with Gasteiger partial charge in [-0.05, 0) is 59.8 Å². The molecule has 4 aromatic rings. The molecule has 200 valence electrons. The molecule has 2 fully saturated rings. The SMILES string of the molecule is CCc1ccc2c(c1)[C@]1(C(=O)N2)C(C(=O)c2ccc3ccccc3c2)C(c2cccc([N+](=O)[O-])c2)C2CCCN21. The predicted octanol–water partition coefficient (Wildman–Crippen LogP) is 6.22. The second kappa shape index (κ2) is 9.10. The lowest BCUT2D eigenvalue weighted by Crippen LogP contribution is -2.52. The maximum Gasteiger partial charge on any atom is 0.269 e. The molecule has 7 heteroatoms. The molecule has 1 N–H and O–H groups in total. The van der Waals surface area contributed by atoms with E-state index in [-0.39, 0.29) is 29.3 Å². The average Bonchev–Trinajstić information content (AvgIpc) is 3.65. The number of carbonyl (C=O) groups is 2. The third-order valence-corrected chi connectivity index (χ3v) is 9.26.